The molecular weight excluding hydrogens is 312 g/mol. The monoisotopic (exact) mass is 326 g/mol. The van der Waals surface area contributed by atoms with Crippen molar-refractivity contribution in [3.8, 4) is 5.75 Å². The molecule has 112 valence electrons. The maximum atomic E-state index is 11.4. The zero-order valence-electron chi connectivity index (χ0n) is 11.3. The van der Waals surface area contributed by atoms with Crippen LogP contribution in [-0.4, -0.2) is 15.5 Å². The molecule has 2 aromatic rings. The van der Waals surface area contributed by atoms with Crippen molar-refractivity contribution in [3.63, 3.8) is 0 Å². The van der Waals surface area contributed by atoms with Crippen LogP contribution < -0.4 is 14.6 Å². The molecule has 0 aliphatic carbocycles. The fraction of sp³-hybridized carbons (Fsp3) is 0.143. The van der Waals surface area contributed by atoms with Gasteiger partial charge in [0, 0.05) is 5.02 Å². The van der Waals surface area contributed by atoms with Crippen molar-refractivity contribution in [1.82, 2.24) is 4.72 Å². The standard InChI is InChI=1S/C14H15ClN2O3S/c1-20-11-6-4-5-10(9-11)14(17-21(16,18)19)12-7-2-3-8-13(12)15/h2-9,14,17H,1H3,(H2,16,18,19). The van der Waals surface area contributed by atoms with Crippen LogP contribution in [0.4, 0.5) is 0 Å². The average molecular weight is 327 g/mol. The van der Waals surface area contributed by atoms with Crippen LogP contribution in [0.1, 0.15) is 17.2 Å². The highest BCUT2D eigenvalue weighted by atomic mass is 35.5. The third kappa shape index (κ3) is 4.18. The Morgan fingerprint density at radius 1 is 1.19 bits per heavy atom. The lowest BCUT2D eigenvalue weighted by Gasteiger charge is -2.20. The van der Waals surface area contributed by atoms with Gasteiger partial charge in [0.15, 0.2) is 0 Å². The molecule has 0 aromatic heterocycles. The van der Waals surface area contributed by atoms with E-state index in [2.05, 4.69) is 4.72 Å². The van der Waals surface area contributed by atoms with Crippen molar-refractivity contribution < 1.29 is 13.2 Å². The summed E-state index contributed by atoms with van der Waals surface area (Å²) in [7, 11) is -2.37. The molecule has 0 radical (unpaired) electrons. The lowest BCUT2D eigenvalue weighted by molar-refractivity contribution is 0.414. The number of hydrogen-bond donors (Lipinski definition) is 2. The summed E-state index contributed by atoms with van der Waals surface area (Å²) < 4.78 is 30.4. The molecule has 0 spiro atoms. The maximum absolute atomic E-state index is 11.4. The summed E-state index contributed by atoms with van der Waals surface area (Å²) in [5.41, 5.74) is 1.29. The van der Waals surface area contributed by atoms with E-state index in [0.29, 0.717) is 21.9 Å². The van der Waals surface area contributed by atoms with Crippen molar-refractivity contribution >= 4 is 21.8 Å². The van der Waals surface area contributed by atoms with Gasteiger partial charge < -0.3 is 4.74 Å². The number of nitrogens with two attached hydrogens (primary N) is 1. The molecule has 5 nitrogen and oxygen atoms in total. The van der Waals surface area contributed by atoms with Crippen molar-refractivity contribution in [2.24, 2.45) is 5.14 Å². The third-order valence-corrected chi connectivity index (χ3v) is 3.83. The minimum Gasteiger partial charge on any atom is -0.497 e. The second-order valence-corrected chi connectivity index (χ2v) is 6.13. The smallest absolute Gasteiger partial charge is 0.275 e. The predicted molar refractivity (Wildman–Crippen MR) is 82.5 cm³/mol. The molecule has 0 bridgehead atoms. The highest BCUT2D eigenvalue weighted by molar-refractivity contribution is 7.87. The topological polar surface area (TPSA) is 81.4 Å². The van der Waals surface area contributed by atoms with Crippen LogP contribution in [0.3, 0.4) is 0 Å². The van der Waals surface area contributed by atoms with E-state index in [-0.39, 0.29) is 0 Å². The van der Waals surface area contributed by atoms with Crippen molar-refractivity contribution in [2.75, 3.05) is 7.11 Å². The zero-order chi connectivity index (χ0) is 15.5. The maximum Gasteiger partial charge on any atom is 0.275 e. The van der Waals surface area contributed by atoms with Gasteiger partial charge in [0.1, 0.15) is 5.75 Å². The minimum absolute atomic E-state index is 0.446. The summed E-state index contributed by atoms with van der Waals surface area (Å²) in [4.78, 5) is 0. The molecule has 0 amide bonds. The largest absolute Gasteiger partial charge is 0.497 e. The Balaban J connectivity index is 2.53. The van der Waals surface area contributed by atoms with E-state index in [1.54, 1.807) is 48.5 Å². The summed E-state index contributed by atoms with van der Waals surface area (Å²) in [5, 5.41) is 5.56. The lowest BCUT2D eigenvalue weighted by Crippen LogP contribution is -2.35. The first-order valence-electron chi connectivity index (χ1n) is 6.09. The predicted octanol–water partition coefficient (Wildman–Crippen LogP) is 2.23. The first-order chi connectivity index (χ1) is 9.90. The lowest BCUT2D eigenvalue weighted by atomic mass is 9.99. The van der Waals surface area contributed by atoms with Gasteiger partial charge in [-0.2, -0.15) is 13.1 Å². The highest BCUT2D eigenvalue weighted by Gasteiger charge is 2.21. The molecule has 0 aliphatic rings. The van der Waals surface area contributed by atoms with Gasteiger partial charge in [0.25, 0.3) is 10.2 Å². The number of nitrogens with one attached hydrogen (secondary N) is 1. The fourth-order valence-electron chi connectivity index (χ4n) is 2.01. The molecule has 21 heavy (non-hydrogen) atoms. The van der Waals surface area contributed by atoms with E-state index in [1.807, 2.05) is 0 Å². The van der Waals surface area contributed by atoms with E-state index < -0.39 is 16.3 Å². The molecule has 0 aliphatic heterocycles. The van der Waals surface area contributed by atoms with E-state index >= 15 is 0 Å². The third-order valence-electron chi connectivity index (χ3n) is 2.93. The van der Waals surface area contributed by atoms with Crippen LogP contribution in [0.2, 0.25) is 5.02 Å². The van der Waals surface area contributed by atoms with Gasteiger partial charge in [-0.3, -0.25) is 0 Å². The molecule has 3 N–H and O–H groups in total. The quantitative estimate of drug-likeness (QED) is 0.884. The summed E-state index contributed by atoms with van der Waals surface area (Å²) in [6.45, 7) is 0. The second-order valence-electron chi connectivity index (χ2n) is 4.39. The number of benzene rings is 2. The van der Waals surface area contributed by atoms with Gasteiger partial charge in [-0.1, -0.05) is 41.9 Å². The summed E-state index contributed by atoms with van der Waals surface area (Å²) in [6.07, 6.45) is 0. The van der Waals surface area contributed by atoms with Crippen LogP contribution in [0, 0.1) is 0 Å². The average Bonchev–Trinajstić information content (AvgIpc) is 2.45. The van der Waals surface area contributed by atoms with Gasteiger partial charge in [-0.25, -0.2) is 5.14 Å². The van der Waals surface area contributed by atoms with Crippen LogP contribution in [0.5, 0.6) is 5.75 Å². The summed E-state index contributed by atoms with van der Waals surface area (Å²) in [6, 6.07) is 13.3. The Morgan fingerprint density at radius 3 is 2.52 bits per heavy atom. The molecule has 0 saturated heterocycles. The van der Waals surface area contributed by atoms with Crippen molar-refractivity contribution in [3.05, 3.63) is 64.7 Å². The van der Waals surface area contributed by atoms with Crippen LogP contribution >= 0.6 is 11.6 Å². The van der Waals surface area contributed by atoms with Crippen LogP contribution in [-0.2, 0) is 10.2 Å². The normalized spacial score (nSPS) is 12.9. The number of hydrogen-bond acceptors (Lipinski definition) is 3. The second kappa shape index (κ2) is 6.44. The van der Waals surface area contributed by atoms with Crippen LogP contribution in [0.25, 0.3) is 0 Å². The molecule has 0 saturated carbocycles. The van der Waals surface area contributed by atoms with Crippen molar-refractivity contribution in [1.29, 1.82) is 0 Å². The number of halogens is 1. The van der Waals surface area contributed by atoms with Gasteiger partial charge in [-0.15, -0.1) is 0 Å². The molecule has 1 unspecified atom stereocenters. The van der Waals surface area contributed by atoms with Crippen molar-refractivity contribution in [2.45, 2.75) is 6.04 Å². The Bertz CT molecular complexity index is 735. The summed E-state index contributed by atoms with van der Waals surface area (Å²) in [5.74, 6) is 0.612. The Labute approximate surface area is 128 Å². The van der Waals surface area contributed by atoms with E-state index in [0.717, 1.165) is 0 Å². The van der Waals surface area contributed by atoms with Gasteiger partial charge in [0.05, 0.1) is 13.2 Å². The SMILES string of the molecule is COc1cccc(C(NS(N)(=O)=O)c2ccccc2Cl)c1. The van der Waals surface area contributed by atoms with E-state index in [4.69, 9.17) is 21.5 Å². The Kier molecular flexibility index (Phi) is 4.84. The van der Waals surface area contributed by atoms with E-state index in [1.165, 1.54) is 7.11 Å². The summed E-state index contributed by atoms with van der Waals surface area (Å²) >= 11 is 6.16. The number of ether oxygens (including phenoxy) is 1. The first kappa shape index (κ1) is 15.8. The number of rotatable bonds is 5. The molecular formula is C14H15ClN2O3S. The van der Waals surface area contributed by atoms with Gasteiger partial charge in [0.2, 0.25) is 0 Å². The molecule has 0 heterocycles. The molecule has 0 fully saturated rings. The van der Waals surface area contributed by atoms with Gasteiger partial charge in [-0.05, 0) is 29.3 Å². The number of methoxy groups -OCH3 is 1. The molecule has 1 atom stereocenters. The van der Waals surface area contributed by atoms with E-state index in [9.17, 15) is 8.42 Å². The molecule has 2 rings (SSSR count). The highest BCUT2D eigenvalue weighted by Crippen LogP contribution is 2.30. The fourth-order valence-corrected chi connectivity index (χ4v) is 2.84. The van der Waals surface area contributed by atoms with Crippen LogP contribution in [0.15, 0.2) is 48.5 Å². The zero-order valence-corrected chi connectivity index (χ0v) is 12.9. The Morgan fingerprint density at radius 2 is 1.90 bits per heavy atom. The molecule has 7 heteroatoms. The minimum atomic E-state index is -3.91. The first-order valence-corrected chi connectivity index (χ1v) is 8.01. The molecule has 2 aromatic carbocycles. The Hall–Kier alpha value is -1.60. The van der Waals surface area contributed by atoms with Gasteiger partial charge >= 0.3 is 0 Å².